The summed E-state index contributed by atoms with van der Waals surface area (Å²) in [5, 5.41) is 0.165. The van der Waals surface area contributed by atoms with Crippen molar-refractivity contribution in [3.05, 3.63) is 40.6 Å². The Balaban J connectivity index is 2.65. The van der Waals surface area contributed by atoms with Crippen molar-refractivity contribution in [3.8, 4) is 0 Å². The number of fused-ring (bicyclic) bond motifs is 1. The van der Waals surface area contributed by atoms with Gasteiger partial charge in [0.05, 0.1) is 17.2 Å². The lowest BCUT2D eigenvalue weighted by molar-refractivity contribution is 0.0526. The van der Waals surface area contributed by atoms with Gasteiger partial charge in [-0.25, -0.2) is 13.6 Å². The Labute approximate surface area is 106 Å². The molecular weight excluding hydrogens is 264 g/mol. The molecular formula is C12H8ClF2NO2. The monoisotopic (exact) mass is 271 g/mol. The van der Waals surface area contributed by atoms with Gasteiger partial charge in [0.1, 0.15) is 5.52 Å². The van der Waals surface area contributed by atoms with Crippen molar-refractivity contribution in [1.82, 2.24) is 4.98 Å². The van der Waals surface area contributed by atoms with Crippen LogP contribution in [0.2, 0.25) is 5.02 Å². The first-order valence-corrected chi connectivity index (χ1v) is 5.53. The minimum absolute atomic E-state index is 0.00245. The number of hydrogen-bond donors (Lipinski definition) is 0. The number of carbonyl (C=O) groups excluding carboxylic acids is 1. The maximum absolute atomic E-state index is 13.4. The van der Waals surface area contributed by atoms with Crippen LogP contribution >= 0.6 is 11.6 Å². The number of hydrogen-bond acceptors (Lipinski definition) is 3. The van der Waals surface area contributed by atoms with Crippen LogP contribution in [0.15, 0.2) is 18.3 Å². The third kappa shape index (κ3) is 2.01. The predicted molar refractivity (Wildman–Crippen MR) is 62.6 cm³/mol. The third-order valence-corrected chi connectivity index (χ3v) is 2.77. The molecule has 18 heavy (non-hydrogen) atoms. The zero-order chi connectivity index (χ0) is 13.3. The van der Waals surface area contributed by atoms with E-state index in [2.05, 4.69) is 4.98 Å². The lowest BCUT2D eigenvalue weighted by atomic mass is 10.1. The topological polar surface area (TPSA) is 39.2 Å². The molecule has 0 amide bonds. The summed E-state index contributed by atoms with van der Waals surface area (Å²) in [6, 6.07) is 2.20. The van der Waals surface area contributed by atoms with E-state index < -0.39 is 17.6 Å². The Bertz CT molecular complexity index is 631. The molecule has 2 rings (SSSR count). The lowest BCUT2D eigenvalue weighted by Gasteiger charge is -2.07. The van der Waals surface area contributed by atoms with Crippen LogP contribution in [0.1, 0.15) is 17.3 Å². The van der Waals surface area contributed by atoms with Crippen LogP contribution in [0.4, 0.5) is 8.78 Å². The predicted octanol–water partition coefficient (Wildman–Crippen LogP) is 3.34. The molecule has 1 heterocycles. The van der Waals surface area contributed by atoms with E-state index in [0.717, 1.165) is 12.3 Å². The van der Waals surface area contributed by atoms with Gasteiger partial charge in [0, 0.05) is 11.6 Å². The summed E-state index contributed by atoms with van der Waals surface area (Å²) in [6.07, 6.45) is 1.07. The van der Waals surface area contributed by atoms with Crippen molar-refractivity contribution in [2.75, 3.05) is 6.61 Å². The molecule has 0 saturated heterocycles. The van der Waals surface area contributed by atoms with Crippen LogP contribution in [0.5, 0.6) is 0 Å². The number of rotatable bonds is 2. The van der Waals surface area contributed by atoms with E-state index in [1.807, 2.05) is 0 Å². The maximum Gasteiger partial charge on any atom is 0.341 e. The zero-order valence-electron chi connectivity index (χ0n) is 9.34. The Kier molecular flexibility index (Phi) is 3.43. The van der Waals surface area contributed by atoms with Crippen molar-refractivity contribution in [2.45, 2.75) is 6.92 Å². The van der Waals surface area contributed by atoms with Gasteiger partial charge in [-0.2, -0.15) is 0 Å². The zero-order valence-corrected chi connectivity index (χ0v) is 10.1. The molecule has 94 valence electrons. The molecule has 1 aromatic heterocycles. The van der Waals surface area contributed by atoms with Crippen molar-refractivity contribution >= 4 is 28.5 Å². The largest absolute Gasteiger partial charge is 0.462 e. The average molecular weight is 272 g/mol. The number of halogens is 3. The fourth-order valence-electron chi connectivity index (χ4n) is 1.53. The molecule has 0 aliphatic heterocycles. The van der Waals surface area contributed by atoms with E-state index in [4.69, 9.17) is 16.3 Å². The fraction of sp³-hybridized carbons (Fsp3) is 0.167. The number of esters is 1. The summed E-state index contributed by atoms with van der Waals surface area (Å²) in [7, 11) is 0. The first-order chi connectivity index (χ1) is 8.56. The van der Waals surface area contributed by atoms with Gasteiger partial charge in [0.15, 0.2) is 11.6 Å². The highest BCUT2D eigenvalue weighted by Gasteiger charge is 2.18. The molecule has 6 heteroatoms. The van der Waals surface area contributed by atoms with E-state index in [0.29, 0.717) is 0 Å². The summed E-state index contributed by atoms with van der Waals surface area (Å²) in [5.74, 6) is -2.76. The standard InChI is InChI=1S/C12H8ClF2NO2/c1-2-18-12(17)7-5-16-11-6(9(7)13)3-4-8(14)10(11)15/h3-5H,2H2,1H3. The van der Waals surface area contributed by atoms with Gasteiger partial charge in [0.2, 0.25) is 0 Å². The van der Waals surface area contributed by atoms with Crippen LogP contribution in [0, 0.1) is 11.6 Å². The number of aromatic nitrogens is 1. The maximum atomic E-state index is 13.4. The molecule has 2 aromatic rings. The second kappa shape index (κ2) is 4.86. The lowest BCUT2D eigenvalue weighted by Crippen LogP contribution is -2.06. The fourth-order valence-corrected chi connectivity index (χ4v) is 1.80. The summed E-state index contributed by atoms with van der Waals surface area (Å²) < 4.78 is 31.2. The van der Waals surface area contributed by atoms with Gasteiger partial charge in [-0.1, -0.05) is 11.6 Å². The van der Waals surface area contributed by atoms with E-state index in [1.165, 1.54) is 6.07 Å². The van der Waals surface area contributed by atoms with Crippen LogP contribution in [-0.4, -0.2) is 17.6 Å². The Morgan fingerprint density at radius 3 is 2.83 bits per heavy atom. The molecule has 1 aromatic carbocycles. The van der Waals surface area contributed by atoms with Crippen molar-refractivity contribution in [3.63, 3.8) is 0 Å². The van der Waals surface area contributed by atoms with Crippen LogP contribution in [0.25, 0.3) is 10.9 Å². The summed E-state index contributed by atoms with van der Waals surface area (Å²) in [5.41, 5.74) is -0.190. The molecule has 0 atom stereocenters. The molecule has 0 spiro atoms. The van der Waals surface area contributed by atoms with Gasteiger partial charge in [-0.05, 0) is 19.1 Å². The highest BCUT2D eigenvalue weighted by Crippen LogP contribution is 2.28. The van der Waals surface area contributed by atoms with Gasteiger partial charge in [-0.3, -0.25) is 4.98 Å². The minimum atomic E-state index is -1.09. The Morgan fingerprint density at radius 1 is 1.44 bits per heavy atom. The number of ether oxygens (including phenoxy) is 1. The third-order valence-electron chi connectivity index (χ3n) is 2.36. The number of carbonyl (C=O) groups is 1. The van der Waals surface area contributed by atoms with Crippen molar-refractivity contribution in [1.29, 1.82) is 0 Å². The van der Waals surface area contributed by atoms with Crippen molar-refractivity contribution < 1.29 is 18.3 Å². The average Bonchev–Trinajstić information content (AvgIpc) is 2.34. The van der Waals surface area contributed by atoms with E-state index in [-0.39, 0.29) is 28.1 Å². The smallest absolute Gasteiger partial charge is 0.341 e. The molecule has 0 bridgehead atoms. The number of benzene rings is 1. The van der Waals surface area contributed by atoms with Gasteiger partial charge < -0.3 is 4.74 Å². The summed E-state index contributed by atoms with van der Waals surface area (Å²) >= 11 is 5.97. The van der Waals surface area contributed by atoms with Gasteiger partial charge >= 0.3 is 5.97 Å². The number of pyridine rings is 1. The minimum Gasteiger partial charge on any atom is -0.462 e. The van der Waals surface area contributed by atoms with E-state index in [9.17, 15) is 13.6 Å². The SMILES string of the molecule is CCOC(=O)c1cnc2c(F)c(F)ccc2c1Cl. The molecule has 0 radical (unpaired) electrons. The van der Waals surface area contributed by atoms with Crippen LogP contribution in [0.3, 0.4) is 0 Å². The van der Waals surface area contributed by atoms with Crippen molar-refractivity contribution in [2.24, 2.45) is 0 Å². The quantitative estimate of drug-likeness (QED) is 0.787. The van der Waals surface area contributed by atoms with Gasteiger partial charge in [0.25, 0.3) is 0 Å². The summed E-state index contributed by atoms with van der Waals surface area (Å²) in [4.78, 5) is 15.3. The van der Waals surface area contributed by atoms with Crippen LogP contribution < -0.4 is 0 Å². The van der Waals surface area contributed by atoms with E-state index >= 15 is 0 Å². The van der Waals surface area contributed by atoms with Gasteiger partial charge in [-0.15, -0.1) is 0 Å². The molecule has 0 saturated carbocycles. The molecule has 3 nitrogen and oxygen atoms in total. The molecule has 0 N–H and O–H groups in total. The Morgan fingerprint density at radius 2 is 2.17 bits per heavy atom. The second-order valence-electron chi connectivity index (χ2n) is 3.46. The van der Waals surface area contributed by atoms with Crippen LogP contribution in [-0.2, 0) is 4.74 Å². The first kappa shape index (κ1) is 12.7. The molecule has 0 aliphatic carbocycles. The number of nitrogens with zero attached hydrogens (tertiary/aromatic N) is 1. The summed E-state index contributed by atoms with van der Waals surface area (Å²) in [6.45, 7) is 1.83. The molecule has 0 aliphatic rings. The first-order valence-electron chi connectivity index (χ1n) is 5.15. The normalized spacial score (nSPS) is 10.7. The second-order valence-corrected chi connectivity index (χ2v) is 3.84. The highest BCUT2D eigenvalue weighted by molar-refractivity contribution is 6.38. The molecule has 0 fully saturated rings. The Hall–Kier alpha value is -1.75. The van der Waals surface area contributed by atoms with E-state index in [1.54, 1.807) is 6.92 Å². The highest BCUT2D eigenvalue weighted by atomic mass is 35.5. The molecule has 0 unspecified atom stereocenters.